The van der Waals surface area contributed by atoms with Gasteiger partial charge in [0.15, 0.2) is 0 Å². The monoisotopic (exact) mass is 241 g/mol. The summed E-state index contributed by atoms with van der Waals surface area (Å²) < 4.78 is 12.9. The van der Waals surface area contributed by atoms with Crippen LogP contribution in [-0.2, 0) is 4.79 Å². The molecule has 94 valence electrons. The summed E-state index contributed by atoms with van der Waals surface area (Å²) in [5, 5.41) is 20.8. The minimum absolute atomic E-state index is 0.144. The zero-order chi connectivity index (χ0) is 12.8. The highest BCUT2D eigenvalue weighted by atomic mass is 19.1. The van der Waals surface area contributed by atoms with E-state index in [1.54, 1.807) is 12.1 Å². The molecule has 17 heavy (non-hydrogen) atoms. The van der Waals surface area contributed by atoms with Gasteiger partial charge in [0.05, 0.1) is 12.5 Å². The van der Waals surface area contributed by atoms with Crippen molar-refractivity contribution in [3.63, 3.8) is 0 Å². The fraction of sp³-hybridized carbons (Fsp3) is 0.417. The van der Waals surface area contributed by atoms with E-state index in [-0.39, 0.29) is 24.8 Å². The van der Waals surface area contributed by atoms with Crippen molar-refractivity contribution >= 4 is 5.97 Å². The Labute approximate surface area is 99.1 Å². The summed E-state index contributed by atoms with van der Waals surface area (Å²) in [7, 11) is 0. The first kappa shape index (κ1) is 13.6. The molecule has 0 aliphatic rings. The predicted molar refractivity (Wildman–Crippen MR) is 61.1 cm³/mol. The third-order valence-electron chi connectivity index (χ3n) is 2.42. The zero-order valence-electron chi connectivity index (χ0n) is 9.56. The number of benzene rings is 1. The molecule has 0 aliphatic carbocycles. The standard InChI is InChI=1S/C12H16FNO3/c1-8(9-3-2-4-10(13)5-9)14-7-11(15)6-12(16)17/h2-5,8,11,14-15H,6-7H2,1H3,(H,16,17). The summed E-state index contributed by atoms with van der Waals surface area (Å²) >= 11 is 0. The lowest BCUT2D eigenvalue weighted by Gasteiger charge is -2.16. The molecule has 0 heterocycles. The minimum atomic E-state index is -1.04. The average Bonchev–Trinajstić information content (AvgIpc) is 2.25. The Morgan fingerprint density at radius 1 is 1.53 bits per heavy atom. The maximum absolute atomic E-state index is 12.9. The smallest absolute Gasteiger partial charge is 0.306 e. The number of carboxylic acids is 1. The van der Waals surface area contributed by atoms with Crippen molar-refractivity contribution in [1.82, 2.24) is 5.32 Å². The number of carboxylic acid groups (broad SMARTS) is 1. The molecule has 0 saturated carbocycles. The zero-order valence-corrected chi connectivity index (χ0v) is 9.56. The fourth-order valence-electron chi connectivity index (χ4n) is 1.48. The molecular formula is C12H16FNO3. The highest BCUT2D eigenvalue weighted by Gasteiger charge is 2.12. The molecule has 0 fully saturated rings. The van der Waals surface area contributed by atoms with Crippen molar-refractivity contribution in [1.29, 1.82) is 0 Å². The first-order valence-corrected chi connectivity index (χ1v) is 5.37. The van der Waals surface area contributed by atoms with Crippen molar-refractivity contribution in [2.24, 2.45) is 0 Å². The first-order valence-electron chi connectivity index (χ1n) is 5.37. The topological polar surface area (TPSA) is 69.6 Å². The van der Waals surface area contributed by atoms with E-state index >= 15 is 0 Å². The number of rotatable bonds is 6. The SMILES string of the molecule is CC(NCC(O)CC(=O)O)c1cccc(F)c1. The summed E-state index contributed by atoms with van der Waals surface area (Å²) in [6.07, 6.45) is -1.24. The Kier molecular flexibility index (Phi) is 5.06. The van der Waals surface area contributed by atoms with Crippen molar-refractivity contribution in [2.45, 2.75) is 25.5 Å². The molecule has 4 nitrogen and oxygen atoms in total. The van der Waals surface area contributed by atoms with Crippen molar-refractivity contribution in [3.05, 3.63) is 35.6 Å². The number of hydrogen-bond acceptors (Lipinski definition) is 3. The second-order valence-corrected chi connectivity index (χ2v) is 3.94. The fourth-order valence-corrected chi connectivity index (χ4v) is 1.48. The van der Waals surface area contributed by atoms with E-state index in [1.807, 2.05) is 6.92 Å². The number of nitrogens with one attached hydrogen (secondary N) is 1. The van der Waals surface area contributed by atoms with Crippen LogP contribution in [0.4, 0.5) is 4.39 Å². The summed E-state index contributed by atoms with van der Waals surface area (Å²) in [6, 6.07) is 5.99. The van der Waals surface area contributed by atoms with Crippen LogP contribution in [0.3, 0.4) is 0 Å². The molecular weight excluding hydrogens is 225 g/mol. The van der Waals surface area contributed by atoms with E-state index in [0.717, 1.165) is 5.56 Å². The second-order valence-electron chi connectivity index (χ2n) is 3.94. The molecule has 5 heteroatoms. The highest BCUT2D eigenvalue weighted by Crippen LogP contribution is 2.13. The second kappa shape index (κ2) is 6.32. The maximum Gasteiger partial charge on any atom is 0.306 e. The van der Waals surface area contributed by atoms with Crippen molar-refractivity contribution in [2.75, 3.05) is 6.54 Å². The summed E-state index contributed by atoms with van der Waals surface area (Å²) in [4.78, 5) is 10.3. The van der Waals surface area contributed by atoms with Gasteiger partial charge in [0.1, 0.15) is 5.82 Å². The normalized spacial score (nSPS) is 14.3. The quantitative estimate of drug-likeness (QED) is 0.702. The number of hydrogen-bond donors (Lipinski definition) is 3. The molecule has 1 aromatic rings. The van der Waals surface area contributed by atoms with Crippen LogP contribution in [0.1, 0.15) is 24.9 Å². The largest absolute Gasteiger partial charge is 0.481 e. The number of aliphatic hydroxyl groups is 1. The van der Waals surface area contributed by atoms with Crippen LogP contribution < -0.4 is 5.32 Å². The maximum atomic E-state index is 12.9. The number of halogens is 1. The molecule has 0 bridgehead atoms. The van der Waals surface area contributed by atoms with Gasteiger partial charge < -0.3 is 15.5 Å². The summed E-state index contributed by atoms with van der Waals surface area (Å²) in [5.41, 5.74) is 0.757. The Morgan fingerprint density at radius 3 is 2.82 bits per heavy atom. The lowest BCUT2D eigenvalue weighted by atomic mass is 10.1. The van der Waals surface area contributed by atoms with Gasteiger partial charge in [-0.25, -0.2) is 4.39 Å². The van der Waals surface area contributed by atoms with Gasteiger partial charge in [-0.3, -0.25) is 4.79 Å². The number of carbonyl (C=O) groups is 1. The van der Waals surface area contributed by atoms with E-state index in [2.05, 4.69) is 5.32 Å². The van der Waals surface area contributed by atoms with E-state index in [9.17, 15) is 14.3 Å². The molecule has 1 rings (SSSR count). The van der Waals surface area contributed by atoms with Gasteiger partial charge in [-0.15, -0.1) is 0 Å². The molecule has 0 aliphatic heterocycles. The van der Waals surface area contributed by atoms with E-state index < -0.39 is 12.1 Å². The third-order valence-corrected chi connectivity index (χ3v) is 2.42. The lowest BCUT2D eigenvalue weighted by Crippen LogP contribution is -2.30. The molecule has 0 radical (unpaired) electrons. The van der Waals surface area contributed by atoms with Gasteiger partial charge >= 0.3 is 5.97 Å². The number of aliphatic hydroxyl groups excluding tert-OH is 1. The van der Waals surface area contributed by atoms with Gasteiger partial charge in [0.25, 0.3) is 0 Å². The predicted octanol–water partition coefficient (Wildman–Crippen LogP) is 1.31. The van der Waals surface area contributed by atoms with E-state index in [1.165, 1.54) is 12.1 Å². The van der Waals surface area contributed by atoms with Crippen molar-refractivity contribution in [3.8, 4) is 0 Å². The Hall–Kier alpha value is -1.46. The van der Waals surface area contributed by atoms with Crippen LogP contribution in [0.25, 0.3) is 0 Å². The number of aliphatic carboxylic acids is 1. The molecule has 3 N–H and O–H groups in total. The molecule has 0 amide bonds. The van der Waals surface area contributed by atoms with Crippen LogP contribution >= 0.6 is 0 Å². The van der Waals surface area contributed by atoms with Crippen LogP contribution in [0.5, 0.6) is 0 Å². The van der Waals surface area contributed by atoms with Gasteiger partial charge in [0, 0.05) is 12.6 Å². The lowest BCUT2D eigenvalue weighted by molar-refractivity contribution is -0.139. The molecule has 0 saturated heterocycles. The van der Waals surface area contributed by atoms with Crippen LogP contribution in [-0.4, -0.2) is 28.8 Å². The van der Waals surface area contributed by atoms with E-state index in [0.29, 0.717) is 0 Å². The highest BCUT2D eigenvalue weighted by molar-refractivity contribution is 5.67. The van der Waals surface area contributed by atoms with Gasteiger partial charge in [-0.2, -0.15) is 0 Å². The first-order chi connectivity index (χ1) is 7.99. The summed E-state index contributed by atoms with van der Waals surface area (Å²) in [5.74, 6) is -1.36. The van der Waals surface area contributed by atoms with Gasteiger partial charge in [0.2, 0.25) is 0 Å². The van der Waals surface area contributed by atoms with Crippen molar-refractivity contribution < 1.29 is 19.4 Å². The molecule has 1 aromatic carbocycles. The minimum Gasteiger partial charge on any atom is -0.481 e. The molecule has 0 aromatic heterocycles. The molecule has 2 unspecified atom stereocenters. The average molecular weight is 241 g/mol. The van der Waals surface area contributed by atoms with Gasteiger partial charge in [-0.05, 0) is 24.6 Å². The van der Waals surface area contributed by atoms with E-state index in [4.69, 9.17) is 5.11 Å². The Bertz CT molecular complexity index is 384. The molecule has 0 spiro atoms. The van der Waals surface area contributed by atoms with Crippen LogP contribution in [0.15, 0.2) is 24.3 Å². The molecule has 2 atom stereocenters. The Balaban J connectivity index is 2.44. The summed E-state index contributed by atoms with van der Waals surface area (Å²) in [6.45, 7) is 1.98. The van der Waals surface area contributed by atoms with Crippen LogP contribution in [0, 0.1) is 5.82 Å². The van der Waals surface area contributed by atoms with Gasteiger partial charge in [-0.1, -0.05) is 12.1 Å². The third kappa shape index (κ3) is 4.93. The Morgan fingerprint density at radius 2 is 2.24 bits per heavy atom. The van der Waals surface area contributed by atoms with Crippen LogP contribution in [0.2, 0.25) is 0 Å².